The van der Waals surface area contributed by atoms with Crippen molar-refractivity contribution in [3.8, 4) is 0 Å². The highest BCUT2D eigenvalue weighted by Gasteiger charge is 2.10. The number of amides is 1. The molecule has 0 saturated heterocycles. The number of nitrogens with one attached hydrogen (secondary N) is 1. The number of rotatable bonds is 10. The molecule has 0 rings (SSSR count). The van der Waals surface area contributed by atoms with Gasteiger partial charge in [-0.3, -0.25) is 4.79 Å². The maximum atomic E-state index is 11.6. The van der Waals surface area contributed by atoms with Gasteiger partial charge in [-0.1, -0.05) is 40.0 Å². The molecule has 2 atom stereocenters. The highest BCUT2D eigenvalue weighted by molar-refractivity contribution is 5.75. The molecule has 0 aliphatic heterocycles. The Balaban J connectivity index is 3.71. The van der Waals surface area contributed by atoms with Crippen LogP contribution >= 0.6 is 0 Å². The Kier molecular flexibility index (Phi) is 10.2. The van der Waals surface area contributed by atoms with Crippen LogP contribution in [-0.4, -0.2) is 19.0 Å². The molecule has 102 valence electrons. The smallest absolute Gasteiger partial charge is 0.220 e. The molecule has 17 heavy (non-hydrogen) atoms. The van der Waals surface area contributed by atoms with Gasteiger partial charge < -0.3 is 11.1 Å². The first kappa shape index (κ1) is 16.4. The fourth-order valence-electron chi connectivity index (χ4n) is 1.93. The van der Waals surface area contributed by atoms with Crippen LogP contribution in [0.15, 0.2) is 0 Å². The van der Waals surface area contributed by atoms with E-state index in [1.165, 1.54) is 12.8 Å². The van der Waals surface area contributed by atoms with Crippen molar-refractivity contribution in [1.82, 2.24) is 5.32 Å². The van der Waals surface area contributed by atoms with Gasteiger partial charge in [-0.2, -0.15) is 0 Å². The first-order chi connectivity index (χ1) is 8.13. The maximum absolute atomic E-state index is 11.6. The van der Waals surface area contributed by atoms with Gasteiger partial charge in [-0.25, -0.2) is 0 Å². The van der Waals surface area contributed by atoms with Gasteiger partial charge in [0.25, 0.3) is 0 Å². The summed E-state index contributed by atoms with van der Waals surface area (Å²) < 4.78 is 0. The lowest BCUT2D eigenvalue weighted by molar-refractivity contribution is -0.121. The summed E-state index contributed by atoms with van der Waals surface area (Å²) in [6.07, 6.45) is 6.17. The molecule has 0 heterocycles. The van der Waals surface area contributed by atoms with Gasteiger partial charge in [0.2, 0.25) is 5.91 Å². The van der Waals surface area contributed by atoms with Crippen molar-refractivity contribution in [2.75, 3.05) is 13.1 Å². The van der Waals surface area contributed by atoms with E-state index in [1.807, 2.05) is 0 Å². The van der Waals surface area contributed by atoms with E-state index in [2.05, 4.69) is 26.1 Å². The van der Waals surface area contributed by atoms with Crippen molar-refractivity contribution >= 4 is 5.91 Å². The molecule has 3 heteroatoms. The fraction of sp³-hybridized carbons (Fsp3) is 0.929. The van der Waals surface area contributed by atoms with Gasteiger partial charge >= 0.3 is 0 Å². The maximum Gasteiger partial charge on any atom is 0.220 e. The van der Waals surface area contributed by atoms with E-state index in [0.717, 1.165) is 32.4 Å². The Hall–Kier alpha value is -0.570. The van der Waals surface area contributed by atoms with Crippen molar-refractivity contribution < 1.29 is 4.79 Å². The molecule has 0 aliphatic rings. The lowest BCUT2D eigenvalue weighted by Gasteiger charge is -2.15. The third-order valence-electron chi connectivity index (χ3n) is 3.40. The molecule has 0 fully saturated rings. The Morgan fingerprint density at radius 1 is 1.24 bits per heavy atom. The van der Waals surface area contributed by atoms with Crippen LogP contribution in [0.2, 0.25) is 0 Å². The normalized spacial score (nSPS) is 14.4. The van der Waals surface area contributed by atoms with Crippen molar-refractivity contribution in [3.05, 3.63) is 0 Å². The summed E-state index contributed by atoms with van der Waals surface area (Å²) in [7, 11) is 0. The predicted octanol–water partition coefficient (Wildman–Crippen LogP) is 2.69. The number of hydrogen-bond acceptors (Lipinski definition) is 2. The van der Waals surface area contributed by atoms with E-state index in [9.17, 15) is 4.79 Å². The highest BCUT2D eigenvalue weighted by atomic mass is 16.1. The standard InChI is InChI=1S/C14H30N2O/c1-4-6-13(9-10-15)7-8-14(17)16-11-12(3)5-2/h12-13H,4-11,15H2,1-3H3,(H,16,17). The number of hydrogen-bond donors (Lipinski definition) is 2. The zero-order valence-electron chi connectivity index (χ0n) is 11.8. The minimum Gasteiger partial charge on any atom is -0.356 e. The van der Waals surface area contributed by atoms with Gasteiger partial charge in [-0.15, -0.1) is 0 Å². The molecule has 2 unspecified atom stereocenters. The van der Waals surface area contributed by atoms with Gasteiger partial charge in [0.1, 0.15) is 0 Å². The lowest BCUT2D eigenvalue weighted by atomic mass is 9.94. The van der Waals surface area contributed by atoms with E-state index in [0.29, 0.717) is 18.3 Å². The van der Waals surface area contributed by atoms with E-state index in [-0.39, 0.29) is 5.91 Å². The summed E-state index contributed by atoms with van der Waals surface area (Å²) in [5, 5.41) is 3.00. The van der Waals surface area contributed by atoms with Crippen LogP contribution < -0.4 is 11.1 Å². The second-order valence-corrected chi connectivity index (χ2v) is 5.09. The third kappa shape index (κ3) is 9.16. The molecule has 3 nitrogen and oxygen atoms in total. The quantitative estimate of drug-likeness (QED) is 0.619. The fourth-order valence-corrected chi connectivity index (χ4v) is 1.93. The Labute approximate surface area is 107 Å². The van der Waals surface area contributed by atoms with Crippen molar-refractivity contribution in [2.24, 2.45) is 17.6 Å². The summed E-state index contributed by atoms with van der Waals surface area (Å²) in [5.74, 6) is 1.40. The summed E-state index contributed by atoms with van der Waals surface area (Å²) >= 11 is 0. The molecule has 0 aromatic carbocycles. The van der Waals surface area contributed by atoms with Crippen molar-refractivity contribution in [2.45, 2.75) is 59.3 Å². The Morgan fingerprint density at radius 3 is 2.47 bits per heavy atom. The van der Waals surface area contributed by atoms with Crippen LogP contribution in [0.4, 0.5) is 0 Å². The summed E-state index contributed by atoms with van der Waals surface area (Å²) in [6, 6.07) is 0. The largest absolute Gasteiger partial charge is 0.356 e. The zero-order valence-corrected chi connectivity index (χ0v) is 11.8. The van der Waals surface area contributed by atoms with Gasteiger partial charge in [-0.05, 0) is 31.2 Å². The molecule has 0 spiro atoms. The summed E-state index contributed by atoms with van der Waals surface area (Å²) in [6.45, 7) is 8.04. The monoisotopic (exact) mass is 242 g/mol. The Bertz CT molecular complexity index is 189. The molecule has 0 aliphatic carbocycles. The van der Waals surface area contributed by atoms with E-state index < -0.39 is 0 Å². The van der Waals surface area contributed by atoms with Gasteiger partial charge in [0, 0.05) is 13.0 Å². The second-order valence-electron chi connectivity index (χ2n) is 5.09. The SMILES string of the molecule is CCCC(CCN)CCC(=O)NCC(C)CC. The minimum absolute atomic E-state index is 0.198. The minimum atomic E-state index is 0.198. The molecular formula is C14H30N2O. The first-order valence-electron chi connectivity index (χ1n) is 7.10. The average Bonchev–Trinajstić information content (AvgIpc) is 2.33. The van der Waals surface area contributed by atoms with Crippen LogP contribution in [0, 0.1) is 11.8 Å². The predicted molar refractivity (Wildman–Crippen MR) is 73.8 cm³/mol. The van der Waals surface area contributed by atoms with Crippen LogP contribution in [0.1, 0.15) is 59.3 Å². The van der Waals surface area contributed by atoms with Gasteiger partial charge in [0.15, 0.2) is 0 Å². The number of carbonyl (C=O) groups is 1. The molecule has 1 amide bonds. The third-order valence-corrected chi connectivity index (χ3v) is 3.40. The van der Waals surface area contributed by atoms with Crippen LogP contribution in [-0.2, 0) is 4.79 Å². The van der Waals surface area contributed by atoms with E-state index >= 15 is 0 Å². The van der Waals surface area contributed by atoms with Crippen molar-refractivity contribution in [1.29, 1.82) is 0 Å². The second kappa shape index (κ2) is 10.6. The average molecular weight is 242 g/mol. The van der Waals surface area contributed by atoms with Crippen LogP contribution in [0.25, 0.3) is 0 Å². The Morgan fingerprint density at radius 2 is 1.94 bits per heavy atom. The van der Waals surface area contributed by atoms with E-state index in [1.54, 1.807) is 0 Å². The number of carbonyl (C=O) groups excluding carboxylic acids is 1. The zero-order chi connectivity index (χ0) is 13.1. The molecule has 0 aromatic rings. The lowest BCUT2D eigenvalue weighted by Crippen LogP contribution is -2.28. The molecule has 0 saturated carbocycles. The van der Waals surface area contributed by atoms with Crippen LogP contribution in [0.5, 0.6) is 0 Å². The molecule has 0 radical (unpaired) electrons. The highest BCUT2D eigenvalue weighted by Crippen LogP contribution is 2.16. The molecule has 3 N–H and O–H groups in total. The van der Waals surface area contributed by atoms with Crippen molar-refractivity contribution in [3.63, 3.8) is 0 Å². The van der Waals surface area contributed by atoms with E-state index in [4.69, 9.17) is 5.73 Å². The van der Waals surface area contributed by atoms with Crippen LogP contribution in [0.3, 0.4) is 0 Å². The van der Waals surface area contributed by atoms with Gasteiger partial charge in [0.05, 0.1) is 0 Å². The molecule has 0 bridgehead atoms. The topological polar surface area (TPSA) is 55.1 Å². The summed E-state index contributed by atoms with van der Waals surface area (Å²) in [4.78, 5) is 11.6. The first-order valence-corrected chi connectivity index (χ1v) is 7.10. The molecule has 0 aromatic heterocycles. The number of nitrogens with two attached hydrogens (primary N) is 1. The molecular weight excluding hydrogens is 212 g/mol. The summed E-state index contributed by atoms with van der Waals surface area (Å²) in [5.41, 5.74) is 5.58.